The van der Waals surface area contributed by atoms with E-state index in [1.165, 1.54) is 31.4 Å². The largest absolute Gasteiger partial charge is 0.382 e. The number of nitrogens with zero attached hydrogens (tertiary/aromatic N) is 1. The highest BCUT2D eigenvalue weighted by molar-refractivity contribution is 6.05. The first kappa shape index (κ1) is 26.3. The van der Waals surface area contributed by atoms with Gasteiger partial charge in [-0.25, -0.2) is 4.79 Å². The molecule has 0 saturated carbocycles. The number of nitrogens with one attached hydrogen (secondary N) is 1. The molecule has 3 N–H and O–H groups in total. The second-order valence-electron chi connectivity index (χ2n) is 8.44. The first-order chi connectivity index (χ1) is 17.8. The number of aromatic nitrogens is 2. The fourth-order valence-corrected chi connectivity index (χ4v) is 4.32. The highest BCUT2D eigenvalue weighted by Crippen LogP contribution is 2.42. The van der Waals surface area contributed by atoms with E-state index in [4.69, 9.17) is 14.2 Å². The molecular formula is C26H26N2O9. The van der Waals surface area contributed by atoms with E-state index in [2.05, 4.69) is 4.98 Å². The third kappa shape index (κ3) is 5.08. The first-order valence-corrected chi connectivity index (χ1v) is 11.5. The van der Waals surface area contributed by atoms with Gasteiger partial charge in [0.25, 0.3) is 5.56 Å². The molecule has 0 radical (unpaired) electrons. The summed E-state index contributed by atoms with van der Waals surface area (Å²) >= 11 is 0. The van der Waals surface area contributed by atoms with Crippen molar-refractivity contribution in [1.82, 2.24) is 9.55 Å². The summed E-state index contributed by atoms with van der Waals surface area (Å²) in [6.45, 7) is -0.0610. The zero-order chi connectivity index (χ0) is 26.6. The molecule has 4 rings (SSSR count). The van der Waals surface area contributed by atoms with E-state index in [1.54, 1.807) is 36.4 Å². The van der Waals surface area contributed by atoms with Crippen molar-refractivity contribution in [3.8, 4) is 0 Å². The van der Waals surface area contributed by atoms with Gasteiger partial charge in [0.2, 0.25) is 0 Å². The molecule has 1 unspecified atom stereocenters. The minimum absolute atomic E-state index is 0.0627. The summed E-state index contributed by atoms with van der Waals surface area (Å²) in [6.07, 6.45) is -5.83. The van der Waals surface area contributed by atoms with Crippen LogP contribution < -0.4 is 11.2 Å². The van der Waals surface area contributed by atoms with Gasteiger partial charge in [0, 0.05) is 30.5 Å². The summed E-state index contributed by atoms with van der Waals surface area (Å²) in [5, 5.41) is 23.2. The van der Waals surface area contributed by atoms with Gasteiger partial charge < -0.3 is 24.4 Å². The van der Waals surface area contributed by atoms with Crippen LogP contribution in [0.5, 0.6) is 0 Å². The van der Waals surface area contributed by atoms with Crippen molar-refractivity contribution in [3.63, 3.8) is 0 Å². The summed E-state index contributed by atoms with van der Waals surface area (Å²) in [6, 6.07) is 16.6. The smallest absolute Gasteiger partial charge is 0.330 e. The SMILES string of the molecule is COCCO[C@H]1[C@H](n2ccc(=O)[nH]c2=O)O[C@H](C(O)C(=O)c2ccccc2)[C@]1(O)C(=O)c1ccccc1. The van der Waals surface area contributed by atoms with E-state index in [0.717, 1.165) is 16.8 Å². The lowest BCUT2D eigenvalue weighted by molar-refractivity contribution is -0.102. The Labute approximate surface area is 210 Å². The Balaban J connectivity index is 1.85. The van der Waals surface area contributed by atoms with Crippen molar-refractivity contribution in [3.05, 3.63) is 105 Å². The van der Waals surface area contributed by atoms with Crippen LogP contribution in [0.15, 0.2) is 82.5 Å². The summed E-state index contributed by atoms with van der Waals surface area (Å²) < 4.78 is 17.7. The molecule has 37 heavy (non-hydrogen) atoms. The van der Waals surface area contributed by atoms with Gasteiger partial charge in [0.1, 0.15) is 18.3 Å². The molecule has 0 bridgehead atoms. The van der Waals surface area contributed by atoms with Crippen LogP contribution in [-0.4, -0.2) is 75.6 Å². The normalized spacial score (nSPS) is 24.0. The number of H-pyrrole nitrogens is 1. The Kier molecular flexibility index (Phi) is 7.91. The van der Waals surface area contributed by atoms with Crippen molar-refractivity contribution in [2.24, 2.45) is 0 Å². The number of Topliss-reactive ketones (excluding diaryl/α,β-unsaturated/α-hetero) is 2. The predicted molar refractivity (Wildman–Crippen MR) is 129 cm³/mol. The number of rotatable bonds is 10. The Morgan fingerprint density at radius 2 is 1.65 bits per heavy atom. The van der Waals surface area contributed by atoms with Crippen molar-refractivity contribution in [2.75, 3.05) is 20.3 Å². The number of aromatic amines is 1. The lowest BCUT2D eigenvalue weighted by Crippen LogP contribution is -2.60. The summed E-state index contributed by atoms with van der Waals surface area (Å²) in [4.78, 5) is 53.3. The monoisotopic (exact) mass is 510 g/mol. The molecule has 11 heteroatoms. The lowest BCUT2D eigenvalue weighted by Gasteiger charge is -2.33. The van der Waals surface area contributed by atoms with Crippen molar-refractivity contribution in [2.45, 2.75) is 30.1 Å². The first-order valence-electron chi connectivity index (χ1n) is 11.5. The summed E-state index contributed by atoms with van der Waals surface area (Å²) in [5.41, 5.74) is -4.03. The minimum Gasteiger partial charge on any atom is -0.382 e. The molecule has 1 aliphatic heterocycles. The number of aliphatic hydroxyl groups excluding tert-OH is 1. The second-order valence-corrected chi connectivity index (χ2v) is 8.44. The number of methoxy groups -OCH3 is 1. The summed E-state index contributed by atoms with van der Waals surface area (Å²) in [5.74, 6) is -1.70. The fraction of sp³-hybridized carbons (Fsp3) is 0.308. The molecule has 2 aromatic carbocycles. The van der Waals surface area contributed by atoms with Crippen LogP contribution in [0.4, 0.5) is 0 Å². The van der Waals surface area contributed by atoms with Gasteiger partial charge in [-0.15, -0.1) is 0 Å². The maximum atomic E-state index is 13.8. The lowest BCUT2D eigenvalue weighted by atomic mass is 9.80. The third-order valence-corrected chi connectivity index (χ3v) is 6.14. The molecule has 0 aliphatic carbocycles. The van der Waals surface area contributed by atoms with Gasteiger partial charge in [0.05, 0.1) is 13.2 Å². The number of ketones is 2. The molecule has 1 aliphatic rings. The van der Waals surface area contributed by atoms with Crippen LogP contribution in [0, 0.1) is 0 Å². The van der Waals surface area contributed by atoms with Crippen LogP contribution >= 0.6 is 0 Å². The maximum Gasteiger partial charge on any atom is 0.330 e. The average Bonchev–Trinajstić information content (AvgIpc) is 3.21. The van der Waals surface area contributed by atoms with E-state index in [-0.39, 0.29) is 24.3 Å². The van der Waals surface area contributed by atoms with Gasteiger partial charge in [-0.3, -0.25) is 23.9 Å². The number of benzene rings is 2. The summed E-state index contributed by atoms with van der Waals surface area (Å²) in [7, 11) is 1.42. The molecule has 0 amide bonds. The number of carbonyl (C=O) groups is 2. The number of hydrogen-bond donors (Lipinski definition) is 3. The number of aliphatic hydroxyl groups is 2. The van der Waals surface area contributed by atoms with Gasteiger partial charge >= 0.3 is 5.69 Å². The van der Waals surface area contributed by atoms with Gasteiger partial charge in [-0.1, -0.05) is 60.7 Å². The zero-order valence-corrected chi connectivity index (χ0v) is 19.9. The molecule has 11 nitrogen and oxygen atoms in total. The Morgan fingerprint density at radius 1 is 1.03 bits per heavy atom. The Hall–Kier alpha value is -3.74. The molecule has 1 fully saturated rings. The van der Waals surface area contributed by atoms with E-state index in [0.29, 0.717) is 0 Å². The van der Waals surface area contributed by atoms with E-state index < -0.39 is 53.0 Å². The number of ether oxygens (including phenoxy) is 3. The molecule has 0 spiro atoms. The minimum atomic E-state index is -2.63. The quantitative estimate of drug-likeness (QED) is 0.258. The fourth-order valence-electron chi connectivity index (χ4n) is 4.32. The molecule has 3 aromatic rings. The number of carbonyl (C=O) groups excluding carboxylic acids is 2. The van der Waals surface area contributed by atoms with Crippen LogP contribution in [0.1, 0.15) is 26.9 Å². The molecule has 1 aromatic heterocycles. The van der Waals surface area contributed by atoms with Gasteiger partial charge in [-0.05, 0) is 0 Å². The maximum absolute atomic E-state index is 13.8. The van der Waals surface area contributed by atoms with Crippen LogP contribution in [-0.2, 0) is 14.2 Å². The van der Waals surface area contributed by atoms with E-state index >= 15 is 0 Å². The Morgan fingerprint density at radius 3 is 2.24 bits per heavy atom. The molecular weight excluding hydrogens is 484 g/mol. The zero-order valence-electron chi connectivity index (χ0n) is 19.9. The predicted octanol–water partition coefficient (Wildman–Crippen LogP) is 0.323. The van der Waals surface area contributed by atoms with E-state index in [1.807, 2.05) is 0 Å². The standard InChI is InChI=1S/C26H26N2O9/c1-35-14-15-36-23-24(28-13-12-18(29)27-25(28)33)37-22(20(31)19(30)16-8-4-2-5-9-16)26(23,34)21(32)17-10-6-3-7-11-17/h2-13,20,22-24,31,34H,14-15H2,1H3,(H,27,29,33)/t20?,22-,23+,24-,26-/m1/s1. The van der Waals surface area contributed by atoms with Crippen molar-refractivity contribution in [1.29, 1.82) is 0 Å². The van der Waals surface area contributed by atoms with Crippen LogP contribution in [0.2, 0.25) is 0 Å². The molecule has 2 heterocycles. The van der Waals surface area contributed by atoms with E-state index in [9.17, 15) is 29.4 Å². The third-order valence-electron chi connectivity index (χ3n) is 6.14. The van der Waals surface area contributed by atoms with Crippen LogP contribution in [0.3, 0.4) is 0 Å². The highest BCUT2D eigenvalue weighted by atomic mass is 16.6. The van der Waals surface area contributed by atoms with Crippen molar-refractivity contribution < 1.29 is 34.0 Å². The Bertz CT molecular complexity index is 1360. The molecule has 1 saturated heterocycles. The topological polar surface area (TPSA) is 157 Å². The second kappa shape index (κ2) is 11.1. The average molecular weight is 510 g/mol. The van der Waals surface area contributed by atoms with Crippen LogP contribution in [0.25, 0.3) is 0 Å². The van der Waals surface area contributed by atoms with Crippen molar-refractivity contribution >= 4 is 11.6 Å². The molecule has 5 atom stereocenters. The van der Waals surface area contributed by atoms with Gasteiger partial charge in [0.15, 0.2) is 23.4 Å². The molecule has 194 valence electrons. The highest BCUT2D eigenvalue weighted by Gasteiger charge is 2.65. The van der Waals surface area contributed by atoms with Gasteiger partial charge in [-0.2, -0.15) is 0 Å². The number of hydrogen-bond acceptors (Lipinski definition) is 9.